The van der Waals surface area contributed by atoms with Gasteiger partial charge in [0, 0.05) is 11.6 Å². The SMILES string of the molecule is C=C1Sc2ccc(C)nc2N1[C@@H]1O[C@H](CC)[C@@H](C)[C@H]1C. The molecular formula is C16H22N2OS. The Morgan fingerprint density at radius 1 is 1.35 bits per heavy atom. The normalized spacial score (nSPS) is 32.8. The van der Waals surface area contributed by atoms with Crippen molar-refractivity contribution in [2.75, 3.05) is 4.90 Å². The molecule has 1 aromatic rings. The number of nitrogens with zero attached hydrogens (tertiary/aromatic N) is 2. The molecule has 1 fully saturated rings. The second-order valence-electron chi connectivity index (χ2n) is 5.83. The fourth-order valence-electron chi connectivity index (χ4n) is 3.13. The van der Waals surface area contributed by atoms with E-state index in [-0.39, 0.29) is 6.23 Å². The lowest BCUT2D eigenvalue weighted by Crippen LogP contribution is -2.36. The van der Waals surface area contributed by atoms with E-state index in [4.69, 9.17) is 9.72 Å². The van der Waals surface area contributed by atoms with E-state index in [1.54, 1.807) is 11.8 Å². The zero-order valence-corrected chi connectivity index (χ0v) is 13.4. The van der Waals surface area contributed by atoms with E-state index in [9.17, 15) is 0 Å². The van der Waals surface area contributed by atoms with Crippen molar-refractivity contribution in [1.29, 1.82) is 0 Å². The minimum absolute atomic E-state index is 0.0606. The van der Waals surface area contributed by atoms with Gasteiger partial charge in [0.05, 0.1) is 16.0 Å². The summed E-state index contributed by atoms with van der Waals surface area (Å²) < 4.78 is 6.30. The molecule has 0 amide bonds. The number of ether oxygens (including phenoxy) is 1. The van der Waals surface area contributed by atoms with Crippen LogP contribution in [-0.4, -0.2) is 17.3 Å². The van der Waals surface area contributed by atoms with Crippen LogP contribution in [0, 0.1) is 18.8 Å². The molecule has 0 saturated carbocycles. The predicted molar refractivity (Wildman–Crippen MR) is 83.7 cm³/mol. The Balaban J connectivity index is 1.96. The van der Waals surface area contributed by atoms with Crippen molar-refractivity contribution in [3.8, 4) is 0 Å². The maximum atomic E-state index is 6.30. The summed E-state index contributed by atoms with van der Waals surface area (Å²) in [6.45, 7) is 13.0. The molecule has 0 aliphatic carbocycles. The summed E-state index contributed by atoms with van der Waals surface area (Å²) in [4.78, 5) is 8.09. The van der Waals surface area contributed by atoms with Gasteiger partial charge in [-0.3, -0.25) is 4.90 Å². The van der Waals surface area contributed by atoms with Crippen LogP contribution in [0.25, 0.3) is 0 Å². The summed E-state index contributed by atoms with van der Waals surface area (Å²) >= 11 is 1.70. The maximum Gasteiger partial charge on any atom is 0.149 e. The maximum absolute atomic E-state index is 6.30. The summed E-state index contributed by atoms with van der Waals surface area (Å²) in [5, 5.41) is 1.03. The molecule has 108 valence electrons. The lowest BCUT2D eigenvalue weighted by Gasteiger charge is -2.29. The highest BCUT2D eigenvalue weighted by Crippen LogP contribution is 2.49. The smallest absolute Gasteiger partial charge is 0.149 e. The number of hydrogen-bond donors (Lipinski definition) is 0. The molecule has 3 nitrogen and oxygen atoms in total. The standard InChI is InChI=1S/C16H22N2OS/c1-6-13-10(3)11(4)16(19-13)18-12(5)20-14-8-7-9(2)17-15(14)18/h7-8,10-11,13,16H,5-6H2,1-4H3/t10-,11+,13+,16+/m0/s1. The molecule has 1 aromatic heterocycles. The quantitative estimate of drug-likeness (QED) is 0.816. The van der Waals surface area contributed by atoms with E-state index < -0.39 is 0 Å². The van der Waals surface area contributed by atoms with Gasteiger partial charge in [0.1, 0.15) is 12.0 Å². The fourth-order valence-corrected chi connectivity index (χ4v) is 4.04. The highest BCUT2D eigenvalue weighted by molar-refractivity contribution is 8.03. The Labute approximate surface area is 125 Å². The number of aryl methyl sites for hydroxylation is 1. The highest BCUT2D eigenvalue weighted by atomic mass is 32.2. The van der Waals surface area contributed by atoms with Crippen molar-refractivity contribution in [2.45, 2.75) is 51.3 Å². The van der Waals surface area contributed by atoms with Crippen molar-refractivity contribution in [3.63, 3.8) is 0 Å². The lowest BCUT2D eigenvalue weighted by atomic mass is 9.91. The Hall–Kier alpha value is -1.00. The van der Waals surface area contributed by atoms with E-state index in [1.165, 1.54) is 4.90 Å². The van der Waals surface area contributed by atoms with E-state index in [0.717, 1.165) is 23.0 Å². The Kier molecular flexibility index (Phi) is 3.55. The Bertz CT molecular complexity index is 545. The number of thioether (sulfide) groups is 1. The number of pyridine rings is 1. The first kappa shape index (κ1) is 14.0. The second kappa shape index (κ2) is 5.08. The van der Waals surface area contributed by atoms with Crippen LogP contribution in [0.5, 0.6) is 0 Å². The molecule has 2 aliphatic rings. The van der Waals surface area contributed by atoms with Gasteiger partial charge in [-0.25, -0.2) is 4.98 Å². The summed E-state index contributed by atoms with van der Waals surface area (Å²) in [5.41, 5.74) is 1.04. The van der Waals surface area contributed by atoms with Crippen LogP contribution in [0.15, 0.2) is 28.6 Å². The molecule has 0 aromatic carbocycles. The molecule has 0 radical (unpaired) electrons. The number of aromatic nitrogens is 1. The third-order valence-corrected chi connectivity index (χ3v) is 5.51. The highest BCUT2D eigenvalue weighted by Gasteiger charge is 2.44. The molecule has 0 unspecified atom stereocenters. The monoisotopic (exact) mass is 290 g/mol. The summed E-state index contributed by atoms with van der Waals surface area (Å²) in [6.07, 6.45) is 1.45. The van der Waals surface area contributed by atoms with Crippen LogP contribution in [-0.2, 0) is 4.74 Å². The molecule has 0 bridgehead atoms. The number of anilines is 1. The minimum Gasteiger partial charge on any atom is -0.354 e. The minimum atomic E-state index is 0.0606. The number of hydrogen-bond acceptors (Lipinski definition) is 4. The second-order valence-corrected chi connectivity index (χ2v) is 6.95. The van der Waals surface area contributed by atoms with Crippen molar-refractivity contribution >= 4 is 17.6 Å². The summed E-state index contributed by atoms with van der Waals surface area (Å²) in [5.74, 6) is 2.06. The third-order valence-electron chi connectivity index (χ3n) is 4.54. The van der Waals surface area contributed by atoms with Gasteiger partial charge in [-0.05, 0) is 31.4 Å². The van der Waals surface area contributed by atoms with Crippen LogP contribution in [0.3, 0.4) is 0 Å². The Morgan fingerprint density at radius 2 is 2.10 bits per heavy atom. The number of rotatable bonds is 2. The van der Waals surface area contributed by atoms with E-state index in [0.29, 0.717) is 17.9 Å². The Morgan fingerprint density at radius 3 is 2.75 bits per heavy atom. The van der Waals surface area contributed by atoms with Crippen molar-refractivity contribution in [1.82, 2.24) is 4.98 Å². The van der Waals surface area contributed by atoms with Crippen LogP contribution in [0.2, 0.25) is 0 Å². The van der Waals surface area contributed by atoms with Gasteiger partial charge in [0.15, 0.2) is 0 Å². The lowest BCUT2D eigenvalue weighted by molar-refractivity contribution is 0.0314. The van der Waals surface area contributed by atoms with Crippen molar-refractivity contribution < 1.29 is 4.74 Å². The van der Waals surface area contributed by atoms with Crippen LogP contribution in [0.4, 0.5) is 5.82 Å². The zero-order chi connectivity index (χ0) is 14.4. The summed E-state index contributed by atoms with van der Waals surface area (Å²) in [6, 6.07) is 4.19. The molecule has 0 spiro atoms. The van der Waals surface area contributed by atoms with Gasteiger partial charge in [0.25, 0.3) is 0 Å². The molecule has 1 saturated heterocycles. The molecule has 3 rings (SSSR count). The first-order chi connectivity index (χ1) is 9.52. The van der Waals surface area contributed by atoms with Crippen LogP contribution in [0.1, 0.15) is 32.9 Å². The molecular weight excluding hydrogens is 268 g/mol. The fraction of sp³-hybridized carbons (Fsp3) is 0.562. The van der Waals surface area contributed by atoms with E-state index in [1.807, 2.05) is 6.92 Å². The molecule has 20 heavy (non-hydrogen) atoms. The van der Waals surface area contributed by atoms with E-state index >= 15 is 0 Å². The van der Waals surface area contributed by atoms with Crippen LogP contribution >= 0.6 is 11.8 Å². The van der Waals surface area contributed by atoms with Gasteiger partial charge in [-0.1, -0.05) is 39.1 Å². The summed E-state index contributed by atoms with van der Waals surface area (Å²) in [7, 11) is 0. The molecule has 3 heterocycles. The largest absolute Gasteiger partial charge is 0.354 e. The number of fused-ring (bicyclic) bond motifs is 1. The van der Waals surface area contributed by atoms with E-state index in [2.05, 4.69) is 44.4 Å². The predicted octanol–water partition coefficient (Wildman–Crippen LogP) is 4.18. The van der Waals surface area contributed by atoms with Crippen molar-refractivity contribution in [3.05, 3.63) is 29.4 Å². The zero-order valence-electron chi connectivity index (χ0n) is 12.6. The molecule has 2 aliphatic heterocycles. The first-order valence-electron chi connectivity index (χ1n) is 7.32. The molecule has 0 N–H and O–H groups in total. The average Bonchev–Trinajstić information content (AvgIpc) is 2.88. The molecule has 4 atom stereocenters. The molecule has 4 heteroatoms. The van der Waals surface area contributed by atoms with Gasteiger partial charge >= 0.3 is 0 Å². The average molecular weight is 290 g/mol. The van der Waals surface area contributed by atoms with Gasteiger partial charge in [-0.15, -0.1) is 0 Å². The van der Waals surface area contributed by atoms with Gasteiger partial charge < -0.3 is 4.74 Å². The third kappa shape index (κ3) is 2.06. The van der Waals surface area contributed by atoms with Crippen molar-refractivity contribution in [2.24, 2.45) is 11.8 Å². The van der Waals surface area contributed by atoms with Gasteiger partial charge in [-0.2, -0.15) is 0 Å². The first-order valence-corrected chi connectivity index (χ1v) is 8.13. The van der Waals surface area contributed by atoms with Crippen LogP contribution < -0.4 is 4.90 Å². The topological polar surface area (TPSA) is 25.4 Å². The van der Waals surface area contributed by atoms with Gasteiger partial charge in [0.2, 0.25) is 0 Å².